The Labute approximate surface area is 196 Å². The highest BCUT2D eigenvalue weighted by atomic mass is 127. The van der Waals surface area contributed by atoms with E-state index in [2.05, 4.69) is 58.5 Å². The van der Waals surface area contributed by atoms with E-state index in [0.717, 1.165) is 56.5 Å². The van der Waals surface area contributed by atoms with Gasteiger partial charge in [0.15, 0.2) is 5.96 Å². The summed E-state index contributed by atoms with van der Waals surface area (Å²) in [5, 5.41) is 10.9. The first kappa shape index (κ1) is 24.5. The highest BCUT2D eigenvalue weighted by molar-refractivity contribution is 14.0. The molecular formula is C21H34IN7O. The van der Waals surface area contributed by atoms with E-state index in [1.165, 1.54) is 6.33 Å². The molecule has 9 heteroatoms. The predicted molar refractivity (Wildman–Crippen MR) is 131 cm³/mol. The summed E-state index contributed by atoms with van der Waals surface area (Å²) in [6.45, 7) is 12.7. The molecule has 0 bridgehead atoms. The van der Waals surface area contributed by atoms with Gasteiger partial charge in [-0.25, -0.2) is 14.7 Å². The van der Waals surface area contributed by atoms with Crippen LogP contribution in [-0.2, 0) is 11.3 Å². The molecular weight excluding hydrogens is 493 g/mol. The van der Waals surface area contributed by atoms with Gasteiger partial charge in [-0.2, -0.15) is 5.10 Å². The van der Waals surface area contributed by atoms with Crippen molar-refractivity contribution in [2.75, 3.05) is 39.3 Å². The third-order valence-corrected chi connectivity index (χ3v) is 4.73. The number of halogens is 1. The van der Waals surface area contributed by atoms with Crippen LogP contribution in [0.4, 0.5) is 0 Å². The first-order valence-corrected chi connectivity index (χ1v) is 10.4. The molecule has 0 saturated carbocycles. The first-order chi connectivity index (χ1) is 14.1. The molecule has 0 radical (unpaired) electrons. The number of benzene rings is 1. The molecule has 2 aromatic rings. The molecule has 1 saturated heterocycles. The Balaban J connectivity index is 0.00000320. The standard InChI is InChI=1S/C21H33N7O.HI/c1-4-23-21(25-12-20-14-27(9-10-29-20)13-17(2)3)24-11-18-5-7-19(8-6-18)28-16-22-15-26-28;/h5-8,15-17,20H,4,9-14H2,1-3H3,(H2,23,24,25);1H. The summed E-state index contributed by atoms with van der Waals surface area (Å²) in [5.41, 5.74) is 2.13. The number of ether oxygens (including phenoxy) is 1. The topological polar surface area (TPSA) is 79.6 Å². The second-order valence-corrected chi connectivity index (χ2v) is 7.73. The molecule has 1 atom stereocenters. The van der Waals surface area contributed by atoms with Crippen LogP contribution in [0.3, 0.4) is 0 Å². The number of nitrogens with one attached hydrogen (secondary N) is 2. The average molecular weight is 527 g/mol. The lowest BCUT2D eigenvalue weighted by molar-refractivity contribution is -0.0284. The lowest BCUT2D eigenvalue weighted by atomic mass is 10.2. The van der Waals surface area contributed by atoms with Crippen molar-refractivity contribution in [1.29, 1.82) is 0 Å². The maximum atomic E-state index is 5.93. The van der Waals surface area contributed by atoms with Crippen molar-refractivity contribution in [2.24, 2.45) is 10.9 Å². The van der Waals surface area contributed by atoms with Crippen molar-refractivity contribution in [1.82, 2.24) is 30.3 Å². The summed E-state index contributed by atoms with van der Waals surface area (Å²) in [5.74, 6) is 1.49. The molecule has 1 aliphatic rings. The average Bonchev–Trinajstić information content (AvgIpc) is 3.25. The van der Waals surface area contributed by atoms with Crippen LogP contribution < -0.4 is 10.6 Å². The highest BCUT2D eigenvalue weighted by Crippen LogP contribution is 2.09. The largest absolute Gasteiger partial charge is 0.374 e. The number of nitrogens with zero attached hydrogens (tertiary/aromatic N) is 5. The van der Waals surface area contributed by atoms with Crippen LogP contribution in [0.2, 0.25) is 0 Å². The third kappa shape index (κ3) is 7.84. The van der Waals surface area contributed by atoms with Crippen molar-refractivity contribution in [2.45, 2.75) is 33.4 Å². The Morgan fingerprint density at radius 3 is 2.73 bits per heavy atom. The van der Waals surface area contributed by atoms with Crippen molar-refractivity contribution in [3.8, 4) is 5.69 Å². The van der Waals surface area contributed by atoms with E-state index in [1.807, 2.05) is 12.1 Å². The third-order valence-electron chi connectivity index (χ3n) is 4.73. The summed E-state index contributed by atoms with van der Waals surface area (Å²) >= 11 is 0. The van der Waals surface area contributed by atoms with E-state index in [9.17, 15) is 0 Å². The zero-order chi connectivity index (χ0) is 20.5. The minimum Gasteiger partial charge on any atom is -0.374 e. The number of morpholine rings is 1. The molecule has 2 heterocycles. The second kappa shape index (κ2) is 12.9. The quantitative estimate of drug-likeness (QED) is 0.312. The fraction of sp³-hybridized carbons (Fsp3) is 0.571. The summed E-state index contributed by atoms with van der Waals surface area (Å²) < 4.78 is 7.67. The van der Waals surface area contributed by atoms with Gasteiger partial charge in [0.2, 0.25) is 0 Å². The van der Waals surface area contributed by atoms with Crippen molar-refractivity contribution >= 4 is 29.9 Å². The van der Waals surface area contributed by atoms with Crippen molar-refractivity contribution in [3.05, 3.63) is 42.5 Å². The van der Waals surface area contributed by atoms with Crippen LogP contribution in [-0.4, -0.2) is 71.1 Å². The van der Waals surface area contributed by atoms with Crippen molar-refractivity contribution in [3.63, 3.8) is 0 Å². The van der Waals surface area contributed by atoms with Crippen LogP contribution in [0.15, 0.2) is 41.9 Å². The minimum atomic E-state index is 0. The summed E-state index contributed by atoms with van der Waals surface area (Å²) in [6, 6.07) is 8.19. The molecule has 0 aliphatic carbocycles. The fourth-order valence-electron chi connectivity index (χ4n) is 3.40. The maximum Gasteiger partial charge on any atom is 0.191 e. The molecule has 1 unspecified atom stereocenters. The van der Waals surface area contributed by atoms with Crippen LogP contribution in [0, 0.1) is 5.92 Å². The zero-order valence-electron chi connectivity index (χ0n) is 18.1. The van der Waals surface area contributed by atoms with Gasteiger partial charge in [0.1, 0.15) is 12.7 Å². The number of guanidine groups is 1. The molecule has 30 heavy (non-hydrogen) atoms. The Morgan fingerprint density at radius 1 is 1.27 bits per heavy atom. The highest BCUT2D eigenvalue weighted by Gasteiger charge is 2.21. The second-order valence-electron chi connectivity index (χ2n) is 7.73. The molecule has 0 spiro atoms. The molecule has 3 rings (SSSR count). The van der Waals surface area contributed by atoms with Crippen LogP contribution in [0.5, 0.6) is 0 Å². The molecule has 166 valence electrons. The summed E-state index contributed by atoms with van der Waals surface area (Å²) in [7, 11) is 0. The fourth-order valence-corrected chi connectivity index (χ4v) is 3.40. The van der Waals surface area contributed by atoms with Gasteiger partial charge in [-0.15, -0.1) is 24.0 Å². The van der Waals surface area contributed by atoms with Gasteiger partial charge < -0.3 is 15.4 Å². The van der Waals surface area contributed by atoms with E-state index in [-0.39, 0.29) is 30.1 Å². The minimum absolute atomic E-state index is 0. The van der Waals surface area contributed by atoms with E-state index in [0.29, 0.717) is 12.5 Å². The number of aromatic nitrogens is 3. The molecule has 1 fully saturated rings. The Bertz CT molecular complexity index is 749. The van der Waals surface area contributed by atoms with E-state index in [1.54, 1.807) is 11.0 Å². The van der Waals surface area contributed by atoms with Gasteiger partial charge in [-0.1, -0.05) is 26.0 Å². The van der Waals surface area contributed by atoms with Crippen LogP contribution in [0.1, 0.15) is 26.3 Å². The summed E-state index contributed by atoms with van der Waals surface area (Å²) in [6.07, 6.45) is 3.41. The Morgan fingerprint density at radius 2 is 2.07 bits per heavy atom. The number of aliphatic imine (C=N–C) groups is 1. The number of rotatable bonds is 8. The Kier molecular flexibility index (Phi) is 10.5. The van der Waals surface area contributed by atoms with Gasteiger partial charge in [-0.05, 0) is 30.5 Å². The van der Waals surface area contributed by atoms with Gasteiger partial charge in [0.25, 0.3) is 0 Å². The van der Waals surface area contributed by atoms with Gasteiger partial charge in [-0.3, -0.25) is 4.90 Å². The van der Waals surface area contributed by atoms with Crippen LogP contribution in [0.25, 0.3) is 5.69 Å². The maximum absolute atomic E-state index is 5.93. The molecule has 2 N–H and O–H groups in total. The van der Waals surface area contributed by atoms with E-state index < -0.39 is 0 Å². The monoisotopic (exact) mass is 527 g/mol. The normalized spacial score (nSPS) is 17.6. The van der Waals surface area contributed by atoms with Gasteiger partial charge >= 0.3 is 0 Å². The zero-order valence-corrected chi connectivity index (χ0v) is 20.5. The molecule has 8 nitrogen and oxygen atoms in total. The summed E-state index contributed by atoms with van der Waals surface area (Å²) in [4.78, 5) is 11.2. The Hall–Kier alpha value is -1.72. The van der Waals surface area contributed by atoms with E-state index >= 15 is 0 Å². The number of hydrogen-bond acceptors (Lipinski definition) is 5. The lowest BCUT2D eigenvalue weighted by Crippen LogP contribution is -2.50. The molecule has 1 aliphatic heterocycles. The van der Waals surface area contributed by atoms with Crippen molar-refractivity contribution < 1.29 is 4.74 Å². The molecule has 0 amide bonds. The van der Waals surface area contributed by atoms with Gasteiger partial charge in [0, 0.05) is 32.7 Å². The SMILES string of the molecule is CCNC(=NCc1ccc(-n2cncn2)cc1)NCC1CN(CC(C)C)CCO1.I. The smallest absolute Gasteiger partial charge is 0.191 e. The first-order valence-electron chi connectivity index (χ1n) is 10.4. The van der Waals surface area contributed by atoms with Gasteiger partial charge in [0.05, 0.1) is 24.9 Å². The number of hydrogen-bond donors (Lipinski definition) is 2. The van der Waals surface area contributed by atoms with E-state index in [4.69, 9.17) is 9.73 Å². The lowest BCUT2D eigenvalue weighted by Gasteiger charge is -2.34. The predicted octanol–water partition coefficient (Wildman–Crippen LogP) is 2.30. The van der Waals surface area contributed by atoms with Crippen LogP contribution >= 0.6 is 24.0 Å². The molecule has 1 aromatic heterocycles. The molecule has 1 aromatic carbocycles.